The summed E-state index contributed by atoms with van der Waals surface area (Å²) < 4.78 is 1.98. The maximum atomic E-state index is 12.6. The van der Waals surface area contributed by atoms with E-state index < -0.39 is 0 Å². The minimum atomic E-state index is -0.187. The molecule has 0 aliphatic rings. The molecule has 1 heterocycles. The molecule has 0 atom stereocenters. The van der Waals surface area contributed by atoms with Gasteiger partial charge in [-0.25, -0.2) is 5.43 Å². The molecule has 0 fully saturated rings. The van der Waals surface area contributed by atoms with E-state index in [4.69, 9.17) is 0 Å². The molecule has 3 aromatic carbocycles. The van der Waals surface area contributed by atoms with Gasteiger partial charge >= 0.3 is 0 Å². The number of aromatic nitrogens is 3. The third-order valence-electron chi connectivity index (χ3n) is 4.92. The zero-order chi connectivity index (χ0) is 22.9. The molecular formula is C26H25N5OS. The van der Waals surface area contributed by atoms with E-state index in [9.17, 15) is 4.79 Å². The average Bonchev–Trinajstić information content (AvgIpc) is 3.31. The van der Waals surface area contributed by atoms with Gasteiger partial charge in [0.1, 0.15) is 0 Å². The van der Waals surface area contributed by atoms with E-state index in [0.29, 0.717) is 5.16 Å². The van der Waals surface area contributed by atoms with E-state index in [1.165, 1.54) is 11.8 Å². The third-order valence-corrected chi connectivity index (χ3v) is 5.85. The van der Waals surface area contributed by atoms with Crippen LogP contribution in [0.4, 0.5) is 0 Å². The largest absolute Gasteiger partial charge is 0.272 e. The van der Waals surface area contributed by atoms with Crippen LogP contribution in [0.25, 0.3) is 17.1 Å². The number of hydrogen-bond acceptors (Lipinski definition) is 5. The molecule has 166 valence electrons. The molecule has 0 aliphatic carbocycles. The van der Waals surface area contributed by atoms with Crippen molar-refractivity contribution in [3.63, 3.8) is 0 Å². The molecule has 4 aromatic rings. The van der Waals surface area contributed by atoms with Gasteiger partial charge in [-0.15, -0.1) is 10.2 Å². The molecule has 0 unspecified atom stereocenters. The maximum absolute atomic E-state index is 12.6. The summed E-state index contributed by atoms with van der Waals surface area (Å²) in [6.07, 6.45) is 1.74. The summed E-state index contributed by atoms with van der Waals surface area (Å²) >= 11 is 1.33. The topological polar surface area (TPSA) is 72.2 Å². The highest BCUT2D eigenvalue weighted by molar-refractivity contribution is 7.99. The predicted molar refractivity (Wildman–Crippen MR) is 134 cm³/mol. The molecule has 1 amide bonds. The predicted octanol–water partition coefficient (Wildman–Crippen LogP) is 5.35. The second-order valence-corrected chi connectivity index (χ2v) is 8.28. The van der Waals surface area contributed by atoms with Gasteiger partial charge in [0, 0.05) is 11.3 Å². The van der Waals surface area contributed by atoms with Gasteiger partial charge in [0.2, 0.25) is 0 Å². The SMILES string of the molecule is CCCC(=NNC(=O)CSc1nnc(-c2ccccc2)n1-c1ccccc1)c1ccccc1. The van der Waals surface area contributed by atoms with Crippen molar-refractivity contribution in [1.29, 1.82) is 0 Å². The number of hydrazone groups is 1. The van der Waals surface area contributed by atoms with Crippen LogP contribution in [0.5, 0.6) is 0 Å². The molecule has 0 bridgehead atoms. The maximum Gasteiger partial charge on any atom is 0.250 e. The Bertz CT molecular complexity index is 1210. The second-order valence-electron chi connectivity index (χ2n) is 7.34. The van der Waals surface area contributed by atoms with Crippen molar-refractivity contribution in [3.8, 4) is 17.1 Å². The van der Waals surface area contributed by atoms with Gasteiger partial charge in [-0.1, -0.05) is 104 Å². The van der Waals surface area contributed by atoms with E-state index in [1.54, 1.807) is 0 Å². The quantitative estimate of drug-likeness (QED) is 0.210. The lowest BCUT2D eigenvalue weighted by Gasteiger charge is -2.10. The van der Waals surface area contributed by atoms with Crippen molar-refractivity contribution >= 4 is 23.4 Å². The zero-order valence-corrected chi connectivity index (χ0v) is 19.2. The standard InChI is InChI=1S/C26H25N5OS/c1-2-12-23(20-13-6-3-7-14-20)27-28-24(32)19-33-26-30-29-25(21-15-8-4-9-16-21)31(26)22-17-10-5-11-18-22/h3-11,13-18H,2,12,19H2,1H3,(H,28,32). The molecule has 0 saturated carbocycles. The van der Waals surface area contributed by atoms with Crippen LogP contribution in [-0.4, -0.2) is 32.1 Å². The highest BCUT2D eigenvalue weighted by atomic mass is 32.2. The Balaban J connectivity index is 1.51. The first-order valence-corrected chi connectivity index (χ1v) is 11.8. The van der Waals surface area contributed by atoms with Gasteiger partial charge in [-0.2, -0.15) is 5.10 Å². The van der Waals surface area contributed by atoms with Crippen LogP contribution in [0.3, 0.4) is 0 Å². The molecule has 6 nitrogen and oxygen atoms in total. The van der Waals surface area contributed by atoms with Crippen LogP contribution in [-0.2, 0) is 4.79 Å². The normalized spacial score (nSPS) is 11.4. The lowest BCUT2D eigenvalue weighted by Crippen LogP contribution is -2.22. The van der Waals surface area contributed by atoms with E-state index >= 15 is 0 Å². The molecule has 1 aromatic heterocycles. The van der Waals surface area contributed by atoms with Gasteiger partial charge in [0.25, 0.3) is 5.91 Å². The van der Waals surface area contributed by atoms with Gasteiger partial charge in [0.05, 0.1) is 11.5 Å². The van der Waals surface area contributed by atoms with Gasteiger partial charge < -0.3 is 0 Å². The minimum absolute atomic E-state index is 0.178. The fraction of sp³-hybridized carbons (Fsp3) is 0.154. The molecule has 0 aliphatic heterocycles. The van der Waals surface area contributed by atoms with E-state index in [0.717, 1.165) is 41.2 Å². The van der Waals surface area contributed by atoms with Gasteiger partial charge in [0.15, 0.2) is 11.0 Å². The monoisotopic (exact) mass is 455 g/mol. The Labute approximate surface area is 197 Å². The van der Waals surface area contributed by atoms with Gasteiger partial charge in [-0.05, 0) is 24.1 Å². The molecule has 33 heavy (non-hydrogen) atoms. The number of nitrogens with one attached hydrogen (secondary N) is 1. The molecule has 4 rings (SSSR count). The third kappa shape index (κ3) is 5.75. The van der Waals surface area contributed by atoms with E-state index in [-0.39, 0.29) is 11.7 Å². The van der Waals surface area contributed by atoms with Crippen molar-refractivity contribution in [2.24, 2.45) is 5.10 Å². The molecule has 7 heteroatoms. The first-order valence-electron chi connectivity index (χ1n) is 10.9. The highest BCUT2D eigenvalue weighted by Gasteiger charge is 2.17. The number of benzene rings is 3. The number of thioether (sulfide) groups is 1. The number of nitrogens with zero attached hydrogens (tertiary/aromatic N) is 4. The van der Waals surface area contributed by atoms with E-state index in [1.807, 2.05) is 95.6 Å². The Kier molecular flexibility index (Phi) is 7.66. The van der Waals surface area contributed by atoms with Crippen LogP contribution in [0.15, 0.2) is 101 Å². The van der Waals surface area contributed by atoms with Crippen LogP contribution < -0.4 is 5.43 Å². The lowest BCUT2D eigenvalue weighted by molar-refractivity contribution is -0.118. The molecule has 0 saturated heterocycles. The Morgan fingerprint density at radius 1 is 0.909 bits per heavy atom. The summed E-state index contributed by atoms with van der Waals surface area (Å²) in [5, 5.41) is 13.8. The van der Waals surface area contributed by atoms with Gasteiger partial charge in [-0.3, -0.25) is 9.36 Å². The molecular weight excluding hydrogens is 430 g/mol. The fourth-order valence-corrected chi connectivity index (χ4v) is 4.12. The Morgan fingerprint density at radius 2 is 1.55 bits per heavy atom. The van der Waals surface area contributed by atoms with Crippen LogP contribution >= 0.6 is 11.8 Å². The first kappa shape index (κ1) is 22.5. The Hall–Kier alpha value is -3.71. The molecule has 0 spiro atoms. The number of para-hydroxylation sites is 1. The summed E-state index contributed by atoms with van der Waals surface area (Å²) in [4.78, 5) is 12.6. The smallest absolute Gasteiger partial charge is 0.250 e. The zero-order valence-electron chi connectivity index (χ0n) is 18.4. The minimum Gasteiger partial charge on any atom is -0.272 e. The summed E-state index contributed by atoms with van der Waals surface area (Å²) in [6, 6.07) is 29.7. The molecule has 1 N–H and O–H groups in total. The van der Waals surface area contributed by atoms with Crippen molar-refractivity contribution < 1.29 is 4.79 Å². The summed E-state index contributed by atoms with van der Waals surface area (Å²) in [6.45, 7) is 2.09. The summed E-state index contributed by atoms with van der Waals surface area (Å²) in [5.41, 5.74) is 6.49. The number of rotatable bonds is 9. The average molecular weight is 456 g/mol. The van der Waals surface area contributed by atoms with Crippen LogP contribution in [0, 0.1) is 0 Å². The van der Waals surface area contributed by atoms with E-state index in [2.05, 4.69) is 27.6 Å². The summed E-state index contributed by atoms with van der Waals surface area (Å²) in [7, 11) is 0. The molecule has 0 radical (unpaired) electrons. The number of carbonyl (C=O) groups excluding carboxylic acids is 1. The number of carbonyl (C=O) groups is 1. The lowest BCUT2D eigenvalue weighted by atomic mass is 10.1. The fourth-order valence-electron chi connectivity index (χ4n) is 3.37. The first-order chi connectivity index (χ1) is 16.3. The number of hydrogen-bond donors (Lipinski definition) is 1. The highest BCUT2D eigenvalue weighted by Crippen LogP contribution is 2.27. The van der Waals surface area contributed by atoms with Crippen molar-refractivity contribution in [3.05, 3.63) is 96.6 Å². The Morgan fingerprint density at radius 3 is 2.21 bits per heavy atom. The number of amides is 1. The van der Waals surface area contributed by atoms with Crippen molar-refractivity contribution in [2.45, 2.75) is 24.9 Å². The van der Waals surface area contributed by atoms with Crippen molar-refractivity contribution in [1.82, 2.24) is 20.2 Å². The summed E-state index contributed by atoms with van der Waals surface area (Å²) in [5.74, 6) is 0.725. The second kappa shape index (κ2) is 11.2. The van der Waals surface area contributed by atoms with Crippen molar-refractivity contribution in [2.75, 3.05) is 5.75 Å². The van der Waals surface area contributed by atoms with Crippen LogP contribution in [0.1, 0.15) is 25.3 Å². The van der Waals surface area contributed by atoms with Crippen LogP contribution in [0.2, 0.25) is 0 Å².